The van der Waals surface area contributed by atoms with Crippen LogP contribution in [0.3, 0.4) is 0 Å². The molecular weight excluding hydrogens is 817 g/mol. The highest BCUT2D eigenvalue weighted by molar-refractivity contribution is 6.33. The normalized spacial score (nSPS) is 23.2. The molecule has 18 heteroatoms. The van der Waals surface area contributed by atoms with E-state index in [1.54, 1.807) is 23.1 Å². The third kappa shape index (κ3) is 13.5. The molecule has 1 aromatic carbocycles. The summed E-state index contributed by atoms with van der Waals surface area (Å²) in [5.74, 6) is -3.86. The van der Waals surface area contributed by atoms with Crippen molar-refractivity contribution in [3.63, 3.8) is 0 Å². The number of carbonyl (C=O) groups excluding carboxylic acids is 7. The van der Waals surface area contributed by atoms with E-state index in [0.29, 0.717) is 54.3 Å². The SMILES string of the molecule is CCC(C)(C)C(=O)N1CCC[C@H]1C(=O)N[C@@H](CCO)C(=O)N(C)[C@H]1CCCCNC(=O)[C@@H](COC)NC(=O)[C@H](Cc2cc(Cl)ccc2Cl)N(C)C(=O)[C@H](CC(C)C)NC1=O. The standard InChI is InChI=1S/C42H65Cl2N7O9/c1-9-42(4,5)41(59)51-19-12-14-33(51)37(55)46-29(17-20-52)39(57)49(6)32-13-10-11-18-45-35(53)31(24-60-8)48-38(56)34(23-26-22-27(43)15-16-28(26)44)50(7)40(58)30(21-25(2)3)47-36(32)54/h15-16,22,25,29-34,52H,9-14,17-21,23-24H2,1-8H3,(H,45,53)(H,46,55)(H,47,54)(H,48,56)/t29-,30-,31+,32-,33-,34-/m0/s1. The summed E-state index contributed by atoms with van der Waals surface area (Å²) in [4.78, 5) is 102. The lowest BCUT2D eigenvalue weighted by Crippen LogP contribution is -2.61. The zero-order chi connectivity index (χ0) is 44.9. The number of rotatable bonds is 14. The van der Waals surface area contributed by atoms with Gasteiger partial charge in [-0.15, -0.1) is 0 Å². The summed E-state index contributed by atoms with van der Waals surface area (Å²) in [6.07, 6.45) is 2.39. The molecule has 2 heterocycles. The Kier molecular flexibility index (Phi) is 19.5. The number of aliphatic hydroxyl groups excluding tert-OH is 1. The molecule has 2 fully saturated rings. The minimum absolute atomic E-state index is 0.0852. The number of methoxy groups -OCH3 is 1. The molecule has 336 valence electrons. The van der Waals surface area contributed by atoms with E-state index in [0.717, 1.165) is 0 Å². The van der Waals surface area contributed by atoms with Gasteiger partial charge >= 0.3 is 0 Å². The van der Waals surface area contributed by atoms with Crippen LogP contribution in [0.25, 0.3) is 0 Å². The number of likely N-dealkylation sites (tertiary alicyclic amines) is 1. The second kappa shape index (κ2) is 23.3. The van der Waals surface area contributed by atoms with Crippen molar-refractivity contribution in [3.8, 4) is 0 Å². The molecule has 16 nitrogen and oxygen atoms in total. The number of carbonyl (C=O) groups is 7. The van der Waals surface area contributed by atoms with E-state index in [-0.39, 0.29) is 50.7 Å². The van der Waals surface area contributed by atoms with Crippen molar-refractivity contribution in [2.24, 2.45) is 11.3 Å². The van der Waals surface area contributed by atoms with E-state index in [9.17, 15) is 38.7 Å². The molecule has 0 unspecified atom stereocenters. The summed E-state index contributed by atoms with van der Waals surface area (Å²) < 4.78 is 5.26. The summed E-state index contributed by atoms with van der Waals surface area (Å²) in [6.45, 7) is 9.27. The van der Waals surface area contributed by atoms with Crippen molar-refractivity contribution >= 4 is 64.6 Å². The number of hydrogen-bond donors (Lipinski definition) is 5. The number of nitrogens with one attached hydrogen (secondary N) is 4. The molecule has 0 bridgehead atoms. The Morgan fingerprint density at radius 2 is 1.70 bits per heavy atom. The highest BCUT2D eigenvalue weighted by atomic mass is 35.5. The monoisotopic (exact) mass is 881 g/mol. The lowest BCUT2D eigenvalue weighted by Gasteiger charge is -2.35. The number of nitrogens with zero attached hydrogens (tertiary/aromatic N) is 3. The molecule has 5 N–H and O–H groups in total. The van der Waals surface area contributed by atoms with Crippen molar-refractivity contribution < 1.29 is 43.4 Å². The summed E-state index contributed by atoms with van der Waals surface area (Å²) in [5, 5.41) is 21.8. The molecule has 2 aliphatic rings. The minimum atomic E-state index is -1.23. The average molecular weight is 883 g/mol. The van der Waals surface area contributed by atoms with E-state index < -0.39 is 83.7 Å². The second-order valence-electron chi connectivity index (χ2n) is 16.8. The maximum Gasteiger partial charge on any atom is 0.245 e. The van der Waals surface area contributed by atoms with Gasteiger partial charge in [0.2, 0.25) is 41.4 Å². The van der Waals surface area contributed by atoms with Crippen LogP contribution in [-0.2, 0) is 44.7 Å². The molecule has 2 saturated heterocycles. The van der Waals surface area contributed by atoms with Gasteiger partial charge in [-0.3, -0.25) is 33.6 Å². The Hall–Kier alpha value is -3.99. The van der Waals surface area contributed by atoms with Gasteiger partial charge in [0.15, 0.2) is 0 Å². The van der Waals surface area contributed by atoms with E-state index in [4.69, 9.17) is 27.9 Å². The molecule has 3 rings (SSSR count). The summed E-state index contributed by atoms with van der Waals surface area (Å²) in [5.41, 5.74) is -0.215. The molecular formula is C42H65Cl2N7O9. The predicted octanol–water partition coefficient (Wildman–Crippen LogP) is 2.45. The Bertz CT molecular complexity index is 1700. The number of hydrogen-bond acceptors (Lipinski definition) is 9. The first kappa shape index (κ1) is 50.4. The summed E-state index contributed by atoms with van der Waals surface area (Å²) in [7, 11) is 4.24. The zero-order valence-corrected chi connectivity index (χ0v) is 37.8. The number of aliphatic hydroxyl groups is 1. The van der Waals surface area contributed by atoms with E-state index >= 15 is 0 Å². The highest BCUT2D eigenvalue weighted by Crippen LogP contribution is 2.29. The minimum Gasteiger partial charge on any atom is -0.396 e. The quantitative estimate of drug-likeness (QED) is 0.186. The molecule has 0 spiro atoms. The van der Waals surface area contributed by atoms with Gasteiger partial charge < -0.3 is 45.8 Å². The first-order valence-electron chi connectivity index (χ1n) is 20.8. The van der Waals surface area contributed by atoms with Crippen LogP contribution in [0.2, 0.25) is 10.0 Å². The second-order valence-corrected chi connectivity index (χ2v) is 17.7. The van der Waals surface area contributed by atoms with Gasteiger partial charge in [-0.05, 0) is 81.0 Å². The molecule has 6 atom stereocenters. The van der Waals surface area contributed by atoms with E-state index in [1.807, 2.05) is 34.6 Å². The highest BCUT2D eigenvalue weighted by Gasteiger charge is 2.42. The molecule has 60 heavy (non-hydrogen) atoms. The predicted molar refractivity (Wildman–Crippen MR) is 228 cm³/mol. The van der Waals surface area contributed by atoms with Gasteiger partial charge in [0, 0.05) is 62.8 Å². The van der Waals surface area contributed by atoms with Gasteiger partial charge in [0.1, 0.15) is 36.3 Å². The van der Waals surface area contributed by atoms with Crippen LogP contribution in [0.15, 0.2) is 18.2 Å². The lowest BCUT2D eigenvalue weighted by atomic mass is 9.88. The smallest absolute Gasteiger partial charge is 0.245 e. The maximum absolute atomic E-state index is 14.5. The van der Waals surface area contributed by atoms with Crippen LogP contribution < -0.4 is 21.3 Å². The number of ether oxygens (including phenoxy) is 1. The van der Waals surface area contributed by atoms with Crippen LogP contribution in [-0.4, -0.2) is 145 Å². The number of amides is 7. The van der Waals surface area contributed by atoms with Crippen molar-refractivity contribution in [1.29, 1.82) is 0 Å². The molecule has 2 aliphatic heterocycles. The zero-order valence-electron chi connectivity index (χ0n) is 36.3. The molecule has 1 aromatic rings. The Balaban J connectivity index is 1.99. The summed E-state index contributed by atoms with van der Waals surface area (Å²) >= 11 is 12.8. The third-order valence-corrected chi connectivity index (χ3v) is 12.1. The molecule has 7 amide bonds. The average Bonchev–Trinajstić information content (AvgIpc) is 3.70. The van der Waals surface area contributed by atoms with Crippen LogP contribution in [0.1, 0.15) is 91.5 Å². The van der Waals surface area contributed by atoms with Gasteiger partial charge in [-0.25, -0.2) is 0 Å². The van der Waals surface area contributed by atoms with Crippen LogP contribution in [0.5, 0.6) is 0 Å². The topological polar surface area (TPSA) is 207 Å². The first-order valence-corrected chi connectivity index (χ1v) is 21.6. The molecule has 0 saturated carbocycles. The first-order chi connectivity index (χ1) is 28.3. The fraction of sp³-hybridized carbons (Fsp3) is 0.690. The van der Waals surface area contributed by atoms with E-state index in [1.165, 1.54) is 31.0 Å². The molecule has 0 radical (unpaired) electrons. The third-order valence-electron chi connectivity index (χ3n) is 11.5. The Morgan fingerprint density at radius 1 is 1.02 bits per heavy atom. The van der Waals surface area contributed by atoms with Gasteiger partial charge in [-0.2, -0.15) is 0 Å². The van der Waals surface area contributed by atoms with Gasteiger partial charge in [0.25, 0.3) is 0 Å². The van der Waals surface area contributed by atoms with Crippen molar-refractivity contribution in [3.05, 3.63) is 33.8 Å². The molecule has 0 aliphatic carbocycles. The van der Waals surface area contributed by atoms with E-state index in [2.05, 4.69) is 21.3 Å². The number of benzene rings is 1. The Labute approximate surface area is 364 Å². The van der Waals surface area contributed by atoms with Crippen LogP contribution in [0, 0.1) is 11.3 Å². The lowest BCUT2D eigenvalue weighted by molar-refractivity contribution is -0.147. The maximum atomic E-state index is 14.5. The number of halogens is 2. The Morgan fingerprint density at radius 3 is 2.33 bits per heavy atom. The van der Waals surface area contributed by atoms with Crippen molar-refractivity contribution in [2.75, 3.05) is 47.5 Å². The fourth-order valence-electron chi connectivity index (χ4n) is 7.47. The molecule has 0 aromatic heterocycles. The van der Waals surface area contributed by atoms with Crippen molar-refractivity contribution in [1.82, 2.24) is 36.0 Å². The van der Waals surface area contributed by atoms with Crippen LogP contribution >= 0.6 is 23.2 Å². The van der Waals surface area contributed by atoms with Crippen molar-refractivity contribution in [2.45, 2.75) is 129 Å². The number of likely N-dealkylation sites (N-methyl/N-ethyl adjacent to an activating group) is 2. The van der Waals surface area contributed by atoms with Gasteiger partial charge in [-0.1, -0.05) is 57.8 Å². The fourth-order valence-corrected chi connectivity index (χ4v) is 7.85. The van der Waals surface area contributed by atoms with Gasteiger partial charge in [0.05, 0.1) is 6.61 Å². The summed E-state index contributed by atoms with van der Waals surface area (Å²) in [6, 6.07) is -1.89. The van der Waals surface area contributed by atoms with Crippen LogP contribution in [0.4, 0.5) is 0 Å². The largest absolute Gasteiger partial charge is 0.396 e.